The summed E-state index contributed by atoms with van der Waals surface area (Å²) in [6.45, 7) is 4.70. The zero-order valence-corrected chi connectivity index (χ0v) is 20.8. The number of halogens is 1. The highest BCUT2D eigenvalue weighted by Gasteiger charge is 2.28. The fourth-order valence-electron chi connectivity index (χ4n) is 4.41. The number of aromatic nitrogens is 4. The molecule has 4 aromatic rings. The molecular formula is C26H23BrN6O2. The Morgan fingerprint density at radius 2 is 2.03 bits per heavy atom. The van der Waals surface area contributed by atoms with Crippen molar-refractivity contribution in [3.63, 3.8) is 0 Å². The molecule has 2 aromatic heterocycles. The summed E-state index contributed by atoms with van der Waals surface area (Å²) in [5.41, 5.74) is 6.97. The average Bonchev–Trinajstić information content (AvgIpc) is 3.52. The standard InChI is InChI=1S/C26H23BrN6O2/c1-15-22(30-16(2)23(15)26(35)28-9-11-33-12-10-29-32-33)14-20-24-19(17-5-3-6-18(27)13-17)7-4-8-21(24)31-25(20)34/h3-8,10,12-14,30H,9,11H2,1-2H3,(H,28,35)(H,31,34)/b20-14-. The van der Waals surface area contributed by atoms with Gasteiger partial charge in [0.25, 0.3) is 11.8 Å². The number of amides is 2. The fraction of sp³-hybridized carbons (Fsp3) is 0.154. The maximum absolute atomic E-state index is 13.0. The first-order valence-corrected chi connectivity index (χ1v) is 12.0. The van der Waals surface area contributed by atoms with Crippen LogP contribution in [0.1, 0.15) is 32.9 Å². The third-order valence-electron chi connectivity index (χ3n) is 6.05. The van der Waals surface area contributed by atoms with Crippen LogP contribution in [0.4, 0.5) is 5.69 Å². The molecule has 3 heterocycles. The molecule has 8 nitrogen and oxygen atoms in total. The third-order valence-corrected chi connectivity index (χ3v) is 6.55. The van der Waals surface area contributed by atoms with Crippen molar-refractivity contribution < 1.29 is 9.59 Å². The van der Waals surface area contributed by atoms with Crippen LogP contribution in [0.5, 0.6) is 0 Å². The number of aryl methyl sites for hydroxylation is 1. The van der Waals surface area contributed by atoms with E-state index in [0.29, 0.717) is 24.2 Å². The molecule has 0 aliphatic carbocycles. The SMILES string of the molecule is Cc1[nH]c(/C=C2\C(=O)Nc3cccc(-c4cccc(Br)c4)c32)c(C)c1C(=O)NCCn1ccnn1. The molecule has 0 saturated carbocycles. The van der Waals surface area contributed by atoms with E-state index in [9.17, 15) is 9.59 Å². The van der Waals surface area contributed by atoms with Crippen LogP contribution in [0.25, 0.3) is 22.8 Å². The van der Waals surface area contributed by atoms with E-state index in [1.165, 1.54) is 0 Å². The maximum Gasteiger partial charge on any atom is 0.256 e. The molecule has 0 spiro atoms. The van der Waals surface area contributed by atoms with E-state index in [2.05, 4.69) is 41.9 Å². The van der Waals surface area contributed by atoms with Crippen molar-refractivity contribution in [2.75, 3.05) is 11.9 Å². The number of hydrogen-bond donors (Lipinski definition) is 3. The lowest BCUT2D eigenvalue weighted by atomic mass is 9.94. The first-order chi connectivity index (χ1) is 16.9. The fourth-order valence-corrected chi connectivity index (χ4v) is 4.81. The average molecular weight is 531 g/mol. The van der Waals surface area contributed by atoms with Gasteiger partial charge in [0.2, 0.25) is 0 Å². The van der Waals surface area contributed by atoms with E-state index >= 15 is 0 Å². The van der Waals surface area contributed by atoms with Crippen molar-refractivity contribution >= 4 is 45.1 Å². The van der Waals surface area contributed by atoms with Crippen molar-refractivity contribution in [2.24, 2.45) is 0 Å². The summed E-state index contributed by atoms with van der Waals surface area (Å²) in [6.07, 6.45) is 5.18. The summed E-state index contributed by atoms with van der Waals surface area (Å²) in [7, 11) is 0. The number of carbonyl (C=O) groups is 2. The van der Waals surface area contributed by atoms with Crippen molar-refractivity contribution in [1.82, 2.24) is 25.3 Å². The van der Waals surface area contributed by atoms with Gasteiger partial charge in [-0.25, -0.2) is 0 Å². The number of benzene rings is 2. The van der Waals surface area contributed by atoms with E-state index in [1.54, 1.807) is 17.1 Å². The van der Waals surface area contributed by atoms with E-state index in [1.807, 2.05) is 62.4 Å². The molecule has 0 unspecified atom stereocenters. The molecule has 9 heteroatoms. The van der Waals surface area contributed by atoms with Gasteiger partial charge in [0.15, 0.2) is 0 Å². The number of hydrogen-bond acceptors (Lipinski definition) is 4. The van der Waals surface area contributed by atoms with Crippen LogP contribution in [-0.4, -0.2) is 38.3 Å². The lowest BCUT2D eigenvalue weighted by Crippen LogP contribution is -2.28. The molecule has 2 amide bonds. The van der Waals surface area contributed by atoms with Crippen LogP contribution in [0.15, 0.2) is 59.3 Å². The normalized spacial score (nSPS) is 13.7. The highest BCUT2D eigenvalue weighted by molar-refractivity contribution is 9.10. The van der Waals surface area contributed by atoms with Gasteiger partial charge in [0.05, 0.1) is 23.9 Å². The van der Waals surface area contributed by atoms with Crippen LogP contribution in [0.2, 0.25) is 0 Å². The molecular weight excluding hydrogens is 508 g/mol. The summed E-state index contributed by atoms with van der Waals surface area (Å²) >= 11 is 3.54. The van der Waals surface area contributed by atoms with Gasteiger partial charge in [-0.1, -0.05) is 45.4 Å². The van der Waals surface area contributed by atoms with Gasteiger partial charge in [-0.2, -0.15) is 0 Å². The zero-order valence-electron chi connectivity index (χ0n) is 19.2. The second-order valence-corrected chi connectivity index (χ2v) is 9.25. The number of H-pyrrole nitrogens is 1. The van der Waals surface area contributed by atoms with Crippen molar-refractivity contribution in [3.05, 3.63) is 87.4 Å². The minimum Gasteiger partial charge on any atom is -0.358 e. The van der Waals surface area contributed by atoms with Crippen LogP contribution >= 0.6 is 15.9 Å². The zero-order chi connectivity index (χ0) is 24.5. The molecule has 2 aromatic carbocycles. The number of anilines is 1. The van der Waals surface area contributed by atoms with Crippen LogP contribution in [0, 0.1) is 13.8 Å². The van der Waals surface area contributed by atoms with Crippen molar-refractivity contribution in [3.8, 4) is 11.1 Å². The van der Waals surface area contributed by atoms with E-state index < -0.39 is 0 Å². The van der Waals surface area contributed by atoms with Gasteiger partial charge in [0.1, 0.15) is 0 Å². The number of nitrogens with zero attached hydrogens (tertiary/aromatic N) is 3. The topological polar surface area (TPSA) is 105 Å². The molecule has 176 valence electrons. The second-order valence-electron chi connectivity index (χ2n) is 8.34. The highest BCUT2D eigenvalue weighted by atomic mass is 79.9. The predicted octanol–water partition coefficient (Wildman–Crippen LogP) is 4.58. The Balaban J connectivity index is 1.47. The van der Waals surface area contributed by atoms with Crippen molar-refractivity contribution in [2.45, 2.75) is 20.4 Å². The smallest absolute Gasteiger partial charge is 0.256 e. The molecule has 0 saturated heterocycles. The Morgan fingerprint density at radius 3 is 2.80 bits per heavy atom. The quantitative estimate of drug-likeness (QED) is 0.317. The largest absolute Gasteiger partial charge is 0.358 e. The third kappa shape index (κ3) is 4.42. The van der Waals surface area contributed by atoms with E-state index in [4.69, 9.17) is 0 Å². The van der Waals surface area contributed by atoms with Gasteiger partial charge in [-0.3, -0.25) is 14.3 Å². The van der Waals surface area contributed by atoms with Crippen LogP contribution in [-0.2, 0) is 11.3 Å². The molecule has 0 radical (unpaired) electrons. The molecule has 35 heavy (non-hydrogen) atoms. The van der Waals surface area contributed by atoms with Crippen LogP contribution in [0.3, 0.4) is 0 Å². The summed E-state index contributed by atoms with van der Waals surface area (Å²) in [6, 6.07) is 13.8. The van der Waals surface area contributed by atoms with Gasteiger partial charge < -0.3 is 15.6 Å². The van der Waals surface area contributed by atoms with E-state index in [-0.39, 0.29) is 11.8 Å². The Morgan fingerprint density at radius 1 is 1.20 bits per heavy atom. The maximum atomic E-state index is 13.0. The first kappa shape index (κ1) is 22.8. The number of rotatable bonds is 6. The first-order valence-electron chi connectivity index (χ1n) is 11.2. The molecule has 0 fully saturated rings. The minimum absolute atomic E-state index is 0.173. The minimum atomic E-state index is -0.174. The van der Waals surface area contributed by atoms with Gasteiger partial charge in [-0.05, 0) is 54.8 Å². The van der Waals surface area contributed by atoms with Gasteiger partial charge in [0, 0.05) is 39.9 Å². The molecule has 1 aliphatic heterocycles. The Labute approximate surface area is 210 Å². The molecule has 1 aliphatic rings. The predicted molar refractivity (Wildman–Crippen MR) is 139 cm³/mol. The Hall–Kier alpha value is -3.98. The Kier molecular flexibility index (Phi) is 6.08. The van der Waals surface area contributed by atoms with Gasteiger partial charge in [-0.15, -0.1) is 5.10 Å². The summed E-state index contributed by atoms with van der Waals surface area (Å²) in [5.74, 6) is -0.347. The molecule has 5 rings (SSSR count). The summed E-state index contributed by atoms with van der Waals surface area (Å²) < 4.78 is 2.62. The highest BCUT2D eigenvalue weighted by Crippen LogP contribution is 2.41. The second kappa shape index (κ2) is 9.34. The van der Waals surface area contributed by atoms with E-state index in [0.717, 1.165) is 43.8 Å². The van der Waals surface area contributed by atoms with Gasteiger partial charge >= 0.3 is 0 Å². The number of carbonyl (C=O) groups excluding carboxylic acids is 2. The lowest BCUT2D eigenvalue weighted by Gasteiger charge is -2.09. The number of fused-ring (bicyclic) bond motifs is 1. The molecule has 0 bridgehead atoms. The van der Waals surface area contributed by atoms with Crippen LogP contribution < -0.4 is 10.6 Å². The summed E-state index contributed by atoms with van der Waals surface area (Å²) in [5, 5.41) is 13.6. The molecule has 3 N–H and O–H groups in total. The summed E-state index contributed by atoms with van der Waals surface area (Å²) in [4.78, 5) is 29.2. The number of nitrogens with one attached hydrogen (secondary N) is 3. The lowest BCUT2D eigenvalue weighted by molar-refractivity contribution is -0.110. The number of aromatic amines is 1. The molecule has 0 atom stereocenters. The van der Waals surface area contributed by atoms with Crippen molar-refractivity contribution in [1.29, 1.82) is 0 Å². The Bertz CT molecular complexity index is 1470. The monoisotopic (exact) mass is 530 g/mol.